The number of hydrogen-bond donors (Lipinski definition) is 1. The lowest BCUT2D eigenvalue weighted by Gasteiger charge is -2.18. The van der Waals surface area contributed by atoms with Gasteiger partial charge in [-0.05, 0) is 13.3 Å². The molecule has 1 heterocycles. The van der Waals surface area contributed by atoms with Gasteiger partial charge in [-0.25, -0.2) is 0 Å². The van der Waals surface area contributed by atoms with Gasteiger partial charge in [0.05, 0.1) is 9.91 Å². The molecule has 0 aromatic carbocycles. The summed E-state index contributed by atoms with van der Waals surface area (Å²) in [6.45, 7) is 3.91. The summed E-state index contributed by atoms with van der Waals surface area (Å²) in [4.78, 5) is 8.53. The molecule has 1 aliphatic rings. The summed E-state index contributed by atoms with van der Waals surface area (Å²) in [7, 11) is 0. The molecule has 0 aromatic heterocycles. The molecule has 1 unspecified atom stereocenters. The van der Waals surface area contributed by atoms with Crippen LogP contribution in [0.3, 0.4) is 0 Å². The van der Waals surface area contributed by atoms with Crippen LogP contribution >= 0.6 is 24.8 Å². The normalized spacial score (nSPS) is 28.8. The zero-order valence-corrected chi connectivity index (χ0v) is 8.25. The largest absolute Gasteiger partial charge is 0.255 e. The smallest absolute Gasteiger partial charge is 0.191 e. The van der Waals surface area contributed by atoms with Crippen LogP contribution in [0, 0.1) is 0 Å². The summed E-state index contributed by atoms with van der Waals surface area (Å²) < 4.78 is 0.549. The molecular formula is C7H10N2S2. The van der Waals surface area contributed by atoms with Gasteiger partial charge in [-0.3, -0.25) is 9.98 Å². The van der Waals surface area contributed by atoms with E-state index in [1.807, 2.05) is 13.8 Å². The summed E-state index contributed by atoms with van der Waals surface area (Å²) in [5, 5.41) is 0. The topological polar surface area (TPSA) is 24.7 Å². The maximum absolute atomic E-state index is 4.96. The van der Waals surface area contributed by atoms with Gasteiger partial charge in [-0.2, -0.15) is 0 Å². The Bertz CT molecular complexity index is 245. The first-order valence-corrected chi connectivity index (χ1v) is 4.31. The van der Waals surface area contributed by atoms with E-state index in [-0.39, 0.29) is 0 Å². The minimum Gasteiger partial charge on any atom is -0.255 e. The molecule has 0 amide bonds. The van der Waals surface area contributed by atoms with Crippen LogP contribution in [-0.4, -0.2) is 21.8 Å². The van der Waals surface area contributed by atoms with Gasteiger partial charge in [0.2, 0.25) is 0 Å². The summed E-state index contributed by atoms with van der Waals surface area (Å²) in [6.07, 6.45) is 2.52. The molecule has 0 radical (unpaired) electrons. The quantitative estimate of drug-likeness (QED) is 0.517. The van der Waals surface area contributed by atoms with Crippen LogP contribution in [0.15, 0.2) is 9.98 Å². The highest BCUT2D eigenvalue weighted by Crippen LogP contribution is 2.25. The van der Waals surface area contributed by atoms with E-state index in [0.717, 1.165) is 12.1 Å². The van der Waals surface area contributed by atoms with Crippen molar-refractivity contribution >= 4 is 41.0 Å². The van der Waals surface area contributed by atoms with Crippen molar-refractivity contribution in [3.8, 4) is 0 Å². The highest BCUT2D eigenvalue weighted by molar-refractivity contribution is 8.11. The Labute approximate surface area is 77.2 Å². The van der Waals surface area contributed by atoms with Crippen molar-refractivity contribution in [2.75, 3.05) is 0 Å². The predicted molar refractivity (Wildman–Crippen MR) is 56.2 cm³/mol. The van der Waals surface area contributed by atoms with Gasteiger partial charge in [-0.15, -0.1) is 12.6 Å². The standard InChI is InChI=1S/C7H10N2S2/c1-3-7(6(10)11)8-4-5(2)9-7/h4H,3H2,1-2H3,(H,10,11). The Morgan fingerprint density at radius 3 is 2.64 bits per heavy atom. The molecule has 0 saturated carbocycles. The SMILES string of the molecule is CCC1(C(=S)S)N=CC(C)=N1. The number of nitrogens with zero attached hydrogens (tertiary/aromatic N) is 2. The molecule has 60 valence electrons. The lowest BCUT2D eigenvalue weighted by Crippen LogP contribution is -2.27. The molecule has 1 rings (SSSR count). The van der Waals surface area contributed by atoms with Crippen LogP contribution in [-0.2, 0) is 0 Å². The number of thiol groups is 1. The zero-order chi connectivity index (χ0) is 8.48. The molecule has 0 aromatic rings. The van der Waals surface area contributed by atoms with Crippen molar-refractivity contribution in [3.05, 3.63) is 0 Å². The summed E-state index contributed by atoms with van der Waals surface area (Å²) >= 11 is 9.07. The maximum Gasteiger partial charge on any atom is 0.191 e. The molecule has 0 spiro atoms. The Morgan fingerprint density at radius 2 is 2.45 bits per heavy atom. The average Bonchev–Trinajstić information content (AvgIpc) is 2.33. The third kappa shape index (κ3) is 1.51. The van der Waals surface area contributed by atoms with E-state index in [4.69, 9.17) is 12.2 Å². The predicted octanol–water partition coefficient (Wildman–Crippen LogP) is 1.90. The Kier molecular flexibility index (Phi) is 2.44. The molecule has 1 atom stereocenters. The summed E-state index contributed by atoms with van der Waals surface area (Å²) in [5.74, 6) is 0. The van der Waals surface area contributed by atoms with Crippen molar-refractivity contribution in [1.29, 1.82) is 0 Å². The fraction of sp³-hybridized carbons (Fsp3) is 0.571. The average molecular weight is 186 g/mol. The highest BCUT2D eigenvalue weighted by Gasteiger charge is 2.31. The monoisotopic (exact) mass is 186 g/mol. The third-order valence-electron chi connectivity index (χ3n) is 1.66. The molecular weight excluding hydrogens is 176 g/mol. The third-order valence-corrected chi connectivity index (χ3v) is 2.35. The number of thiocarbonyl (C=S) groups is 1. The van der Waals surface area contributed by atoms with E-state index in [1.54, 1.807) is 6.21 Å². The number of hydrogen-bond acceptors (Lipinski definition) is 3. The van der Waals surface area contributed by atoms with E-state index < -0.39 is 5.66 Å². The molecule has 4 heteroatoms. The Balaban J connectivity index is 2.98. The van der Waals surface area contributed by atoms with Crippen molar-refractivity contribution in [3.63, 3.8) is 0 Å². The Morgan fingerprint density at radius 1 is 1.82 bits per heavy atom. The highest BCUT2D eigenvalue weighted by atomic mass is 32.1. The van der Waals surface area contributed by atoms with E-state index in [2.05, 4.69) is 22.6 Å². The molecule has 2 nitrogen and oxygen atoms in total. The second kappa shape index (κ2) is 3.03. The van der Waals surface area contributed by atoms with Crippen LogP contribution in [0.5, 0.6) is 0 Å². The van der Waals surface area contributed by atoms with Crippen molar-refractivity contribution in [1.82, 2.24) is 0 Å². The zero-order valence-electron chi connectivity index (χ0n) is 6.53. The van der Waals surface area contributed by atoms with Gasteiger partial charge in [0.15, 0.2) is 5.66 Å². The first-order chi connectivity index (χ1) is 5.10. The van der Waals surface area contributed by atoms with Gasteiger partial charge >= 0.3 is 0 Å². The summed E-state index contributed by atoms with van der Waals surface area (Å²) in [5.41, 5.74) is 0.381. The van der Waals surface area contributed by atoms with Crippen LogP contribution in [0.2, 0.25) is 0 Å². The second-order valence-corrected chi connectivity index (χ2v) is 3.64. The number of aliphatic imine (C=N–C) groups is 2. The Hall–Kier alpha value is -0.220. The van der Waals surface area contributed by atoms with Crippen molar-refractivity contribution < 1.29 is 0 Å². The molecule has 0 saturated heterocycles. The van der Waals surface area contributed by atoms with Crippen LogP contribution in [0.4, 0.5) is 0 Å². The molecule has 0 N–H and O–H groups in total. The van der Waals surface area contributed by atoms with E-state index in [9.17, 15) is 0 Å². The van der Waals surface area contributed by atoms with Gasteiger partial charge in [-0.1, -0.05) is 19.1 Å². The van der Waals surface area contributed by atoms with E-state index in [1.165, 1.54) is 0 Å². The van der Waals surface area contributed by atoms with Crippen molar-refractivity contribution in [2.24, 2.45) is 9.98 Å². The molecule has 1 aliphatic heterocycles. The van der Waals surface area contributed by atoms with Gasteiger partial charge in [0, 0.05) is 6.21 Å². The molecule has 0 fully saturated rings. The lowest BCUT2D eigenvalue weighted by atomic mass is 10.2. The fourth-order valence-corrected chi connectivity index (χ4v) is 1.48. The van der Waals surface area contributed by atoms with Crippen LogP contribution in [0.1, 0.15) is 20.3 Å². The second-order valence-electron chi connectivity index (χ2n) is 2.49. The van der Waals surface area contributed by atoms with Crippen molar-refractivity contribution in [2.45, 2.75) is 25.9 Å². The lowest BCUT2D eigenvalue weighted by molar-refractivity contribution is 0.606. The first kappa shape index (κ1) is 8.87. The number of rotatable bonds is 2. The van der Waals surface area contributed by atoms with E-state index >= 15 is 0 Å². The maximum atomic E-state index is 4.96. The van der Waals surface area contributed by atoms with Crippen LogP contribution < -0.4 is 0 Å². The molecule has 11 heavy (non-hydrogen) atoms. The van der Waals surface area contributed by atoms with Crippen LogP contribution in [0.25, 0.3) is 0 Å². The van der Waals surface area contributed by atoms with Gasteiger partial charge < -0.3 is 0 Å². The fourth-order valence-electron chi connectivity index (χ4n) is 0.974. The minimum absolute atomic E-state index is 0.539. The summed E-state index contributed by atoms with van der Waals surface area (Å²) in [6, 6.07) is 0. The molecule has 0 bridgehead atoms. The first-order valence-electron chi connectivity index (χ1n) is 3.46. The minimum atomic E-state index is -0.539. The van der Waals surface area contributed by atoms with Gasteiger partial charge in [0.1, 0.15) is 0 Å². The van der Waals surface area contributed by atoms with Gasteiger partial charge in [0.25, 0.3) is 0 Å². The molecule has 0 aliphatic carbocycles. The van der Waals surface area contributed by atoms with E-state index in [0.29, 0.717) is 4.20 Å².